The third-order valence-corrected chi connectivity index (χ3v) is 3.79. The van der Waals surface area contributed by atoms with Gasteiger partial charge in [0.2, 0.25) is 0 Å². The number of hydrogen-bond donors (Lipinski definition) is 2. The van der Waals surface area contributed by atoms with Crippen LogP contribution in [0.2, 0.25) is 0 Å². The Hall–Kier alpha value is -0.0800. The van der Waals surface area contributed by atoms with Gasteiger partial charge in [0.25, 0.3) is 0 Å². The smallest absolute Gasteiger partial charge is 0.191 e. The molecule has 0 spiro atoms. The maximum Gasteiger partial charge on any atom is 0.191 e. The summed E-state index contributed by atoms with van der Waals surface area (Å²) in [6.45, 7) is 10.2. The van der Waals surface area contributed by atoms with Gasteiger partial charge in [0.15, 0.2) is 5.96 Å². The van der Waals surface area contributed by atoms with Gasteiger partial charge in [-0.3, -0.25) is 4.99 Å². The molecule has 1 fully saturated rings. The van der Waals surface area contributed by atoms with Gasteiger partial charge < -0.3 is 20.3 Å². The minimum Gasteiger partial charge on any atom is -0.373 e. The zero-order valence-electron chi connectivity index (χ0n) is 13.5. The Morgan fingerprint density at radius 1 is 1.40 bits per heavy atom. The molecule has 6 heteroatoms. The van der Waals surface area contributed by atoms with E-state index in [9.17, 15) is 0 Å². The molecule has 1 rings (SSSR count). The molecule has 1 aliphatic heterocycles. The average molecular weight is 398 g/mol. The van der Waals surface area contributed by atoms with E-state index in [4.69, 9.17) is 4.74 Å². The molecule has 1 saturated heterocycles. The molecular formula is C14H31IN4O. The molecule has 1 heterocycles. The maximum absolute atomic E-state index is 5.76. The van der Waals surface area contributed by atoms with Crippen molar-refractivity contribution in [2.75, 3.05) is 40.3 Å². The van der Waals surface area contributed by atoms with Crippen molar-refractivity contribution in [2.24, 2.45) is 4.99 Å². The number of halogens is 1. The maximum atomic E-state index is 5.76. The number of nitrogens with zero attached hydrogens (tertiary/aromatic N) is 2. The topological polar surface area (TPSA) is 48.9 Å². The van der Waals surface area contributed by atoms with Gasteiger partial charge in [0, 0.05) is 39.3 Å². The van der Waals surface area contributed by atoms with Crippen LogP contribution in [0.25, 0.3) is 0 Å². The molecular weight excluding hydrogens is 367 g/mol. The standard InChI is InChI=1S/C14H30N4O.HI/c1-12(2)18(5)9-8-16-13(15-4)17-11-14(3)7-6-10-19-14;/h12H,6-11H2,1-5H3,(H2,15,16,17);1H. The molecule has 2 N–H and O–H groups in total. The Labute approximate surface area is 140 Å². The summed E-state index contributed by atoms with van der Waals surface area (Å²) in [4.78, 5) is 6.55. The normalized spacial score (nSPS) is 23.1. The van der Waals surface area contributed by atoms with E-state index in [1.165, 1.54) is 0 Å². The van der Waals surface area contributed by atoms with Crippen LogP contribution < -0.4 is 10.6 Å². The lowest BCUT2D eigenvalue weighted by Crippen LogP contribution is -2.47. The van der Waals surface area contributed by atoms with Crippen molar-refractivity contribution in [2.45, 2.75) is 45.3 Å². The summed E-state index contributed by atoms with van der Waals surface area (Å²) in [6, 6.07) is 0.572. The number of rotatable bonds is 6. The summed E-state index contributed by atoms with van der Waals surface area (Å²) in [5.41, 5.74) is -0.0354. The molecule has 0 bridgehead atoms. The Bertz CT molecular complexity index is 291. The van der Waals surface area contributed by atoms with Crippen molar-refractivity contribution in [3.05, 3.63) is 0 Å². The van der Waals surface area contributed by atoms with Gasteiger partial charge in [-0.05, 0) is 40.7 Å². The molecule has 0 aromatic heterocycles. The molecule has 1 atom stereocenters. The lowest BCUT2D eigenvalue weighted by molar-refractivity contribution is 0.0243. The number of likely N-dealkylation sites (N-methyl/N-ethyl adjacent to an activating group) is 1. The largest absolute Gasteiger partial charge is 0.373 e. The second kappa shape index (κ2) is 9.78. The van der Waals surface area contributed by atoms with E-state index >= 15 is 0 Å². The lowest BCUT2D eigenvalue weighted by atomic mass is 10.0. The van der Waals surface area contributed by atoms with Crippen LogP contribution in [0.4, 0.5) is 0 Å². The fourth-order valence-corrected chi connectivity index (χ4v) is 2.08. The summed E-state index contributed by atoms with van der Waals surface area (Å²) in [5, 5.41) is 6.69. The van der Waals surface area contributed by atoms with Crippen LogP contribution in [0.1, 0.15) is 33.6 Å². The quantitative estimate of drug-likeness (QED) is 0.406. The highest BCUT2D eigenvalue weighted by molar-refractivity contribution is 14.0. The van der Waals surface area contributed by atoms with Crippen molar-refractivity contribution >= 4 is 29.9 Å². The molecule has 1 aliphatic rings. The van der Waals surface area contributed by atoms with Gasteiger partial charge in [-0.1, -0.05) is 0 Å². The molecule has 0 aromatic rings. The van der Waals surface area contributed by atoms with Crippen LogP contribution in [-0.4, -0.2) is 62.8 Å². The lowest BCUT2D eigenvalue weighted by Gasteiger charge is -2.25. The van der Waals surface area contributed by atoms with Crippen LogP contribution in [0.15, 0.2) is 4.99 Å². The van der Waals surface area contributed by atoms with E-state index in [1.807, 2.05) is 0 Å². The molecule has 0 aliphatic carbocycles. The Balaban J connectivity index is 0.00000361. The second-order valence-corrected chi connectivity index (χ2v) is 5.83. The fraction of sp³-hybridized carbons (Fsp3) is 0.929. The van der Waals surface area contributed by atoms with Crippen LogP contribution in [-0.2, 0) is 4.74 Å². The summed E-state index contributed by atoms with van der Waals surface area (Å²) in [7, 11) is 3.94. The van der Waals surface area contributed by atoms with Crippen LogP contribution in [0, 0.1) is 0 Å². The Morgan fingerprint density at radius 2 is 2.10 bits per heavy atom. The van der Waals surface area contributed by atoms with E-state index in [2.05, 4.69) is 48.3 Å². The Morgan fingerprint density at radius 3 is 2.60 bits per heavy atom. The first-order valence-corrected chi connectivity index (χ1v) is 7.25. The predicted molar refractivity (Wildman–Crippen MR) is 96.1 cm³/mol. The van der Waals surface area contributed by atoms with Crippen LogP contribution in [0.3, 0.4) is 0 Å². The van der Waals surface area contributed by atoms with E-state index in [1.54, 1.807) is 7.05 Å². The third kappa shape index (κ3) is 7.08. The van der Waals surface area contributed by atoms with Crippen LogP contribution in [0.5, 0.6) is 0 Å². The van der Waals surface area contributed by atoms with Gasteiger partial charge in [0.1, 0.15) is 0 Å². The number of ether oxygens (including phenoxy) is 1. The van der Waals surface area contributed by atoms with Crippen molar-refractivity contribution in [1.29, 1.82) is 0 Å². The molecule has 20 heavy (non-hydrogen) atoms. The van der Waals surface area contributed by atoms with Crippen LogP contribution >= 0.6 is 24.0 Å². The molecule has 0 amide bonds. The first-order chi connectivity index (χ1) is 8.97. The molecule has 0 radical (unpaired) electrons. The highest BCUT2D eigenvalue weighted by atomic mass is 127. The van der Waals surface area contributed by atoms with Crippen molar-refractivity contribution in [1.82, 2.24) is 15.5 Å². The second-order valence-electron chi connectivity index (χ2n) is 5.83. The molecule has 0 aromatic carbocycles. The van der Waals surface area contributed by atoms with Gasteiger partial charge in [-0.2, -0.15) is 0 Å². The summed E-state index contributed by atoms with van der Waals surface area (Å²) in [5.74, 6) is 0.855. The van der Waals surface area contributed by atoms with E-state index in [0.717, 1.165) is 45.0 Å². The number of nitrogens with one attached hydrogen (secondary N) is 2. The minimum atomic E-state index is -0.0354. The highest BCUT2D eigenvalue weighted by Gasteiger charge is 2.29. The number of hydrogen-bond acceptors (Lipinski definition) is 3. The van der Waals surface area contributed by atoms with Gasteiger partial charge >= 0.3 is 0 Å². The van der Waals surface area contributed by atoms with E-state index in [0.29, 0.717) is 6.04 Å². The summed E-state index contributed by atoms with van der Waals surface area (Å²) < 4.78 is 5.76. The van der Waals surface area contributed by atoms with Crippen molar-refractivity contribution in [3.63, 3.8) is 0 Å². The zero-order valence-corrected chi connectivity index (χ0v) is 15.9. The fourth-order valence-electron chi connectivity index (χ4n) is 2.08. The third-order valence-electron chi connectivity index (χ3n) is 3.79. The SMILES string of the molecule is CN=C(NCCN(C)C(C)C)NCC1(C)CCCO1.I. The zero-order chi connectivity index (χ0) is 14.3. The average Bonchev–Trinajstić information content (AvgIpc) is 2.80. The van der Waals surface area contributed by atoms with E-state index in [-0.39, 0.29) is 29.6 Å². The minimum absolute atomic E-state index is 0. The number of guanidine groups is 1. The highest BCUT2D eigenvalue weighted by Crippen LogP contribution is 2.23. The molecule has 5 nitrogen and oxygen atoms in total. The Kier molecular flexibility index (Phi) is 9.74. The first kappa shape index (κ1) is 19.9. The summed E-state index contributed by atoms with van der Waals surface area (Å²) in [6.07, 6.45) is 2.27. The van der Waals surface area contributed by atoms with Gasteiger partial charge in [-0.15, -0.1) is 24.0 Å². The summed E-state index contributed by atoms with van der Waals surface area (Å²) >= 11 is 0. The molecule has 0 saturated carbocycles. The monoisotopic (exact) mass is 398 g/mol. The van der Waals surface area contributed by atoms with Crippen molar-refractivity contribution in [3.8, 4) is 0 Å². The molecule has 1 unspecified atom stereocenters. The molecule has 120 valence electrons. The van der Waals surface area contributed by atoms with Gasteiger partial charge in [-0.25, -0.2) is 0 Å². The van der Waals surface area contributed by atoms with E-state index < -0.39 is 0 Å². The predicted octanol–water partition coefficient (Wildman–Crippen LogP) is 1.68. The van der Waals surface area contributed by atoms with Crippen molar-refractivity contribution < 1.29 is 4.74 Å². The van der Waals surface area contributed by atoms with Gasteiger partial charge in [0.05, 0.1) is 5.60 Å². The first-order valence-electron chi connectivity index (χ1n) is 7.25. The number of aliphatic imine (C=N–C) groups is 1.